The molecule has 2 aromatic rings. The lowest BCUT2D eigenvalue weighted by Crippen LogP contribution is -1.95. The van der Waals surface area contributed by atoms with Gasteiger partial charge in [0.05, 0.1) is 28.0 Å². The van der Waals surface area contributed by atoms with Crippen molar-refractivity contribution in [3.05, 3.63) is 46.2 Å². The van der Waals surface area contributed by atoms with Crippen LogP contribution < -0.4 is 0 Å². The van der Waals surface area contributed by atoms with Crippen LogP contribution in [0.5, 0.6) is 0 Å². The fourth-order valence-corrected chi connectivity index (χ4v) is 1.38. The standard InChI is InChI=1S/C11H6Cl2N2O2/c12-8-5-14-11(13)15-9(8)6-1-3-7(4-2-6)10(16)17/h1-5H,(H,16,17)/i1D,2D,3D,4D. The van der Waals surface area contributed by atoms with Gasteiger partial charge < -0.3 is 5.11 Å². The number of aromatic carboxylic acids is 1. The Morgan fingerprint density at radius 2 is 1.94 bits per heavy atom. The molecule has 0 saturated carbocycles. The molecule has 0 fully saturated rings. The van der Waals surface area contributed by atoms with Gasteiger partial charge in [-0.2, -0.15) is 0 Å². The van der Waals surface area contributed by atoms with Gasteiger partial charge in [-0.3, -0.25) is 0 Å². The number of benzene rings is 1. The minimum Gasteiger partial charge on any atom is -0.478 e. The summed E-state index contributed by atoms with van der Waals surface area (Å²) in [5, 5.41) is 8.76. The van der Waals surface area contributed by atoms with E-state index in [0.717, 1.165) is 6.20 Å². The van der Waals surface area contributed by atoms with E-state index in [1.807, 2.05) is 0 Å². The molecule has 0 aliphatic rings. The van der Waals surface area contributed by atoms with Crippen molar-refractivity contribution in [2.24, 2.45) is 0 Å². The molecule has 0 saturated heterocycles. The van der Waals surface area contributed by atoms with Crippen molar-refractivity contribution in [3.63, 3.8) is 0 Å². The molecule has 17 heavy (non-hydrogen) atoms. The Morgan fingerprint density at radius 3 is 2.53 bits per heavy atom. The molecule has 86 valence electrons. The predicted octanol–water partition coefficient (Wildman–Crippen LogP) is 3.15. The van der Waals surface area contributed by atoms with Gasteiger partial charge in [0.15, 0.2) is 0 Å². The molecule has 1 N–H and O–H groups in total. The monoisotopic (exact) mass is 272 g/mol. The van der Waals surface area contributed by atoms with E-state index in [-0.39, 0.29) is 21.6 Å². The fourth-order valence-electron chi connectivity index (χ4n) is 1.06. The SMILES string of the molecule is [2H]c1c([2H])c(-c2nc(Cl)ncc2Cl)c([2H])c([2H])c1C(=O)O. The smallest absolute Gasteiger partial charge is 0.335 e. The van der Waals surface area contributed by atoms with E-state index in [2.05, 4.69) is 9.97 Å². The Morgan fingerprint density at radius 1 is 1.29 bits per heavy atom. The van der Waals surface area contributed by atoms with Crippen LogP contribution in [0.3, 0.4) is 0 Å². The molecule has 0 bridgehead atoms. The third-order valence-electron chi connectivity index (χ3n) is 1.79. The maximum atomic E-state index is 11.0. The van der Waals surface area contributed by atoms with E-state index in [9.17, 15) is 4.79 Å². The molecule has 4 nitrogen and oxygen atoms in total. The Balaban J connectivity index is 2.89. The highest BCUT2D eigenvalue weighted by Gasteiger charge is 2.08. The van der Waals surface area contributed by atoms with Crippen molar-refractivity contribution in [3.8, 4) is 11.3 Å². The molecule has 0 atom stereocenters. The van der Waals surface area contributed by atoms with Crippen LogP contribution in [0, 0.1) is 0 Å². The number of aromatic nitrogens is 2. The van der Waals surface area contributed by atoms with Gasteiger partial charge in [0, 0.05) is 5.56 Å². The van der Waals surface area contributed by atoms with E-state index >= 15 is 0 Å². The number of nitrogens with zero attached hydrogens (tertiary/aromatic N) is 2. The third kappa shape index (κ3) is 2.54. The normalized spacial score (nSPS) is 13.5. The van der Waals surface area contributed by atoms with Crippen LogP contribution in [0.4, 0.5) is 0 Å². The molecule has 1 heterocycles. The highest BCUT2D eigenvalue weighted by molar-refractivity contribution is 6.33. The summed E-state index contributed by atoms with van der Waals surface area (Å²) < 4.78 is 31.1. The van der Waals surface area contributed by atoms with Crippen LogP contribution in [-0.4, -0.2) is 21.0 Å². The maximum Gasteiger partial charge on any atom is 0.335 e. The number of rotatable bonds is 2. The Hall–Kier alpha value is -1.65. The summed E-state index contributed by atoms with van der Waals surface area (Å²) >= 11 is 11.5. The van der Waals surface area contributed by atoms with Crippen molar-refractivity contribution in [1.29, 1.82) is 0 Å². The number of carbonyl (C=O) groups is 1. The summed E-state index contributed by atoms with van der Waals surface area (Å²) in [6, 6.07) is -2.51. The van der Waals surface area contributed by atoms with Gasteiger partial charge in [-0.05, 0) is 23.7 Å². The second-order valence-corrected chi connectivity index (χ2v) is 3.64. The summed E-state index contributed by atoms with van der Waals surface area (Å²) in [6.07, 6.45) is 1.16. The van der Waals surface area contributed by atoms with Crippen molar-refractivity contribution in [1.82, 2.24) is 9.97 Å². The summed E-state index contributed by atoms with van der Waals surface area (Å²) in [4.78, 5) is 18.5. The van der Waals surface area contributed by atoms with E-state index in [4.69, 9.17) is 33.8 Å². The van der Waals surface area contributed by atoms with Gasteiger partial charge in [-0.1, -0.05) is 23.7 Å². The maximum absolute atomic E-state index is 11.0. The molecule has 2 rings (SSSR count). The lowest BCUT2D eigenvalue weighted by molar-refractivity contribution is 0.0697. The first-order chi connectivity index (χ1) is 9.75. The summed E-state index contributed by atoms with van der Waals surface area (Å²) in [5.41, 5.74) is -1.04. The van der Waals surface area contributed by atoms with Gasteiger partial charge in [-0.25, -0.2) is 14.8 Å². The highest BCUT2D eigenvalue weighted by Crippen LogP contribution is 2.26. The number of hydrogen-bond donors (Lipinski definition) is 1. The van der Waals surface area contributed by atoms with E-state index in [1.165, 1.54) is 0 Å². The minimum atomic E-state index is -1.55. The first kappa shape index (κ1) is 7.63. The van der Waals surface area contributed by atoms with Gasteiger partial charge in [-0.15, -0.1) is 0 Å². The quantitative estimate of drug-likeness (QED) is 0.854. The van der Waals surface area contributed by atoms with Gasteiger partial charge >= 0.3 is 5.97 Å². The first-order valence-electron chi connectivity index (χ1n) is 6.27. The van der Waals surface area contributed by atoms with Crippen molar-refractivity contribution in [2.75, 3.05) is 0 Å². The number of carboxylic acid groups (broad SMARTS) is 1. The van der Waals surface area contributed by atoms with Crippen LogP contribution in [0.15, 0.2) is 30.4 Å². The van der Waals surface area contributed by atoms with Crippen LogP contribution in [0.2, 0.25) is 10.3 Å². The first-order valence-corrected chi connectivity index (χ1v) is 5.03. The van der Waals surface area contributed by atoms with Crippen molar-refractivity contribution < 1.29 is 15.4 Å². The summed E-state index contributed by atoms with van der Waals surface area (Å²) in [6.45, 7) is 0. The summed E-state index contributed by atoms with van der Waals surface area (Å²) in [7, 11) is 0. The van der Waals surface area contributed by atoms with Crippen LogP contribution >= 0.6 is 23.2 Å². The van der Waals surface area contributed by atoms with Gasteiger partial charge in [0.25, 0.3) is 0 Å². The van der Waals surface area contributed by atoms with Crippen molar-refractivity contribution in [2.45, 2.75) is 0 Å². The zero-order valence-corrected chi connectivity index (χ0v) is 9.60. The largest absolute Gasteiger partial charge is 0.478 e. The minimum absolute atomic E-state index is 0.0247. The number of hydrogen-bond acceptors (Lipinski definition) is 3. The molecule has 0 amide bonds. The molecule has 0 aliphatic carbocycles. The van der Waals surface area contributed by atoms with Crippen molar-refractivity contribution >= 4 is 29.2 Å². The zero-order chi connectivity index (χ0) is 15.9. The van der Waals surface area contributed by atoms with Crippen LogP contribution in [0.1, 0.15) is 15.8 Å². The van der Waals surface area contributed by atoms with Gasteiger partial charge in [0.2, 0.25) is 5.28 Å². The Kier molecular flexibility index (Phi) is 2.11. The zero-order valence-electron chi connectivity index (χ0n) is 12.1. The third-order valence-corrected chi connectivity index (χ3v) is 2.25. The number of halogens is 2. The van der Waals surface area contributed by atoms with Crippen LogP contribution in [-0.2, 0) is 0 Å². The fraction of sp³-hybridized carbons (Fsp3) is 0. The molecule has 0 radical (unpaired) electrons. The predicted molar refractivity (Wildman–Crippen MR) is 64.4 cm³/mol. The number of carboxylic acids is 1. The second kappa shape index (κ2) is 4.69. The van der Waals surface area contributed by atoms with E-state index < -0.39 is 35.7 Å². The molecule has 6 heteroatoms. The van der Waals surface area contributed by atoms with Gasteiger partial charge in [0.1, 0.15) is 0 Å². The summed E-state index contributed by atoms with van der Waals surface area (Å²) in [5.74, 6) is -1.55. The average molecular weight is 273 g/mol. The Labute approximate surface area is 112 Å². The van der Waals surface area contributed by atoms with E-state index in [1.54, 1.807) is 0 Å². The Bertz CT molecular complexity index is 741. The average Bonchev–Trinajstić information content (AvgIpc) is 2.40. The molecular formula is C11H6Cl2N2O2. The molecular weight excluding hydrogens is 263 g/mol. The lowest BCUT2D eigenvalue weighted by atomic mass is 10.1. The molecule has 1 aromatic carbocycles. The lowest BCUT2D eigenvalue weighted by Gasteiger charge is -2.03. The topological polar surface area (TPSA) is 63.1 Å². The van der Waals surface area contributed by atoms with E-state index in [0.29, 0.717) is 0 Å². The molecule has 0 unspecified atom stereocenters. The molecule has 0 spiro atoms. The highest BCUT2D eigenvalue weighted by atomic mass is 35.5. The van der Waals surface area contributed by atoms with Crippen LogP contribution in [0.25, 0.3) is 11.3 Å². The second-order valence-electron chi connectivity index (χ2n) is 2.89. The molecule has 1 aromatic heterocycles. The molecule has 0 aliphatic heterocycles.